The third kappa shape index (κ3) is 4.12. The maximum Gasteiger partial charge on any atom is 0.238 e. The molecule has 2 amide bonds. The monoisotopic (exact) mass is 545 g/mol. The zero-order valence-corrected chi connectivity index (χ0v) is 24.4. The summed E-state index contributed by atoms with van der Waals surface area (Å²) in [6, 6.07) is 10.9. The summed E-state index contributed by atoms with van der Waals surface area (Å²) < 4.78 is 16.1. The molecule has 3 fully saturated rings. The molecule has 40 heavy (non-hydrogen) atoms. The van der Waals surface area contributed by atoms with Crippen LogP contribution in [0.25, 0.3) is 0 Å². The zero-order valence-electron chi connectivity index (χ0n) is 24.4. The number of benzene rings is 2. The molecule has 0 aromatic heterocycles. The summed E-state index contributed by atoms with van der Waals surface area (Å²) >= 11 is 0. The lowest BCUT2D eigenvalue weighted by atomic mass is 9.55. The second-order valence-electron chi connectivity index (χ2n) is 13.4. The van der Waals surface area contributed by atoms with Gasteiger partial charge >= 0.3 is 0 Å². The van der Waals surface area contributed by atoms with E-state index in [4.69, 9.17) is 0 Å². The molecule has 1 saturated heterocycles. The van der Waals surface area contributed by atoms with Crippen molar-refractivity contribution in [3.05, 3.63) is 64.5 Å². The summed E-state index contributed by atoms with van der Waals surface area (Å²) in [7, 11) is 0. The van der Waals surface area contributed by atoms with Gasteiger partial charge in [0.15, 0.2) is 0 Å². The van der Waals surface area contributed by atoms with Gasteiger partial charge in [0.2, 0.25) is 11.8 Å². The molecule has 4 aliphatic rings. The number of hydrogen-bond acceptors (Lipinski definition) is 3. The molecule has 6 heteroatoms. The van der Waals surface area contributed by atoms with Gasteiger partial charge in [0.05, 0.1) is 6.04 Å². The van der Waals surface area contributed by atoms with Crippen LogP contribution in [0.2, 0.25) is 0 Å². The van der Waals surface area contributed by atoms with E-state index in [1.807, 2.05) is 25.1 Å². The Hall–Kier alpha value is -2.73. The quantitative estimate of drug-likeness (QED) is 0.415. The van der Waals surface area contributed by atoms with E-state index in [0.29, 0.717) is 23.0 Å². The highest BCUT2D eigenvalue weighted by molar-refractivity contribution is 6.10. The van der Waals surface area contributed by atoms with E-state index in [0.717, 1.165) is 74.6 Å². The predicted octanol–water partition coefficient (Wildman–Crippen LogP) is 6.42. The van der Waals surface area contributed by atoms with E-state index in [2.05, 4.69) is 35.9 Å². The van der Waals surface area contributed by atoms with Crippen LogP contribution in [0, 0.1) is 31.5 Å². The van der Waals surface area contributed by atoms with Crippen molar-refractivity contribution >= 4 is 17.5 Å². The number of rotatable bonds is 4. The van der Waals surface area contributed by atoms with Crippen LogP contribution in [0.15, 0.2) is 36.4 Å². The van der Waals surface area contributed by atoms with Crippen LogP contribution in [0.1, 0.15) is 99.8 Å². The van der Waals surface area contributed by atoms with E-state index in [-0.39, 0.29) is 23.7 Å². The maximum absolute atomic E-state index is 16.1. The molecule has 2 saturated carbocycles. The minimum atomic E-state index is -1.08. The summed E-state index contributed by atoms with van der Waals surface area (Å²) in [6.45, 7) is 8.34. The Bertz CT molecular complexity index is 1310. The molecule has 214 valence electrons. The fraction of sp³-hybridized carbons (Fsp3) is 0.588. The largest absolute Gasteiger partial charge is 0.352 e. The van der Waals surface area contributed by atoms with Crippen molar-refractivity contribution in [1.82, 2.24) is 10.6 Å². The first-order chi connectivity index (χ1) is 19.2. The van der Waals surface area contributed by atoms with Crippen molar-refractivity contribution in [1.29, 1.82) is 0 Å². The number of fused-ring (bicyclic) bond motifs is 3. The van der Waals surface area contributed by atoms with E-state index in [9.17, 15) is 9.59 Å². The van der Waals surface area contributed by atoms with Gasteiger partial charge in [-0.15, -0.1) is 0 Å². The molecule has 2 heterocycles. The summed E-state index contributed by atoms with van der Waals surface area (Å²) in [6.07, 6.45) is 8.75. The molecule has 0 unspecified atom stereocenters. The van der Waals surface area contributed by atoms with Crippen molar-refractivity contribution in [3.63, 3.8) is 0 Å². The standard InChI is InChI=1S/C34H44FN3O2/c1-20(2)23-12-14-24(15-13-23)36-31(39)30-28(25-10-8-9-22(4)29(25)35)34(33(38-30)17-6-5-7-18-33)26-16-11-21(3)19-27(26)37-32(34)40/h8-11,16,19-20,23-24,28,30,38H,5-7,12-15,17-18H2,1-4H3,(H,36,39)(H,37,40)/t23?,24?,28-,30+,34+/m0/s1. The van der Waals surface area contributed by atoms with Crippen molar-refractivity contribution in [2.24, 2.45) is 11.8 Å². The van der Waals surface area contributed by atoms with Gasteiger partial charge < -0.3 is 10.6 Å². The Morgan fingerprint density at radius 1 is 1.02 bits per heavy atom. The van der Waals surface area contributed by atoms with Crippen LogP contribution in [0.4, 0.5) is 10.1 Å². The average molecular weight is 546 g/mol. The van der Waals surface area contributed by atoms with Crippen molar-refractivity contribution in [2.45, 2.75) is 114 Å². The molecule has 3 atom stereocenters. The lowest BCUT2D eigenvalue weighted by Gasteiger charge is -2.47. The highest BCUT2D eigenvalue weighted by atomic mass is 19.1. The minimum Gasteiger partial charge on any atom is -0.352 e. The maximum atomic E-state index is 16.1. The van der Waals surface area contributed by atoms with Crippen LogP contribution in [-0.2, 0) is 15.0 Å². The minimum absolute atomic E-state index is 0.103. The Labute approximate surface area is 238 Å². The first kappa shape index (κ1) is 27.4. The number of carbonyl (C=O) groups excluding carboxylic acids is 2. The highest BCUT2D eigenvalue weighted by Gasteiger charge is 2.72. The predicted molar refractivity (Wildman–Crippen MR) is 157 cm³/mol. The number of carbonyl (C=O) groups is 2. The molecule has 2 aromatic carbocycles. The first-order valence-electron chi connectivity index (χ1n) is 15.4. The van der Waals surface area contributed by atoms with Crippen molar-refractivity contribution < 1.29 is 14.0 Å². The third-order valence-electron chi connectivity index (χ3n) is 10.8. The second kappa shape index (κ2) is 10.3. The molecular formula is C34H44FN3O2. The Morgan fingerprint density at radius 2 is 1.75 bits per heavy atom. The van der Waals surface area contributed by atoms with Crippen LogP contribution in [0.5, 0.6) is 0 Å². The Kier molecular flexibility index (Phi) is 7.05. The number of halogens is 1. The summed E-state index contributed by atoms with van der Waals surface area (Å²) in [5.41, 5.74) is 2.03. The third-order valence-corrected chi connectivity index (χ3v) is 10.8. The first-order valence-corrected chi connectivity index (χ1v) is 15.4. The highest BCUT2D eigenvalue weighted by Crippen LogP contribution is 2.62. The normalized spacial score (nSPS) is 31.0. The van der Waals surface area contributed by atoms with Gasteiger partial charge in [0.1, 0.15) is 11.2 Å². The van der Waals surface area contributed by atoms with E-state index < -0.39 is 22.9 Å². The molecular weight excluding hydrogens is 501 g/mol. The molecule has 0 bridgehead atoms. The van der Waals surface area contributed by atoms with Crippen LogP contribution in [-0.4, -0.2) is 29.4 Å². The number of nitrogens with one attached hydrogen (secondary N) is 3. The van der Waals surface area contributed by atoms with Crippen molar-refractivity contribution in [2.75, 3.05) is 5.32 Å². The number of anilines is 1. The summed E-state index contributed by atoms with van der Waals surface area (Å²) in [5.74, 6) is 0.155. The molecule has 5 nitrogen and oxygen atoms in total. The Morgan fingerprint density at radius 3 is 2.45 bits per heavy atom. The number of amides is 2. The molecule has 2 spiro atoms. The lowest BCUT2D eigenvalue weighted by Crippen LogP contribution is -2.60. The fourth-order valence-electron chi connectivity index (χ4n) is 8.73. The van der Waals surface area contributed by atoms with Gasteiger partial charge in [-0.2, -0.15) is 0 Å². The summed E-state index contributed by atoms with van der Waals surface area (Å²) in [5, 5.41) is 10.4. The van der Waals surface area contributed by atoms with Crippen LogP contribution >= 0.6 is 0 Å². The fourth-order valence-corrected chi connectivity index (χ4v) is 8.73. The van der Waals surface area contributed by atoms with Gasteiger partial charge in [-0.25, -0.2) is 4.39 Å². The van der Waals surface area contributed by atoms with Gasteiger partial charge in [0.25, 0.3) is 0 Å². The second-order valence-corrected chi connectivity index (χ2v) is 13.4. The average Bonchev–Trinajstić information content (AvgIpc) is 3.38. The van der Waals surface area contributed by atoms with Gasteiger partial charge in [0, 0.05) is 23.2 Å². The number of hydrogen-bond donors (Lipinski definition) is 3. The van der Waals surface area contributed by atoms with E-state index in [1.165, 1.54) is 0 Å². The van der Waals surface area contributed by atoms with E-state index in [1.54, 1.807) is 19.1 Å². The van der Waals surface area contributed by atoms with Gasteiger partial charge in [-0.05, 0) is 92.5 Å². The molecule has 2 aromatic rings. The van der Waals surface area contributed by atoms with Crippen LogP contribution in [0.3, 0.4) is 0 Å². The van der Waals surface area contributed by atoms with Gasteiger partial charge in [-0.3, -0.25) is 14.9 Å². The Balaban J connectivity index is 1.48. The molecule has 2 aliphatic heterocycles. The summed E-state index contributed by atoms with van der Waals surface area (Å²) in [4.78, 5) is 28.8. The molecule has 0 radical (unpaired) electrons. The van der Waals surface area contributed by atoms with Crippen molar-refractivity contribution in [3.8, 4) is 0 Å². The topological polar surface area (TPSA) is 70.2 Å². The molecule has 2 aliphatic carbocycles. The molecule has 3 N–H and O–H groups in total. The molecule has 6 rings (SSSR count). The number of aryl methyl sites for hydroxylation is 2. The van der Waals surface area contributed by atoms with E-state index >= 15 is 4.39 Å². The SMILES string of the molecule is Cc1ccc2c(c1)NC(=O)[C@]21[C@@H](c2cccc(C)c2F)[C@H](C(=O)NC2CCC(C(C)C)CC2)NC12CCCCC2. The smallest absolute Gasteiger partial charge is 0.238 e. The lowest BCUT2D eigenvalue weighted by molar-refractivity contribution is -0.124. The zero-order chi connectivity index (χ0) is 28.2. The van der Waals surface area contributed by atoms with Crippen LogP contribution < -0.4 is 16.0 Å². The van der Waals surface area contributed by atoms with Gasteiger partial charge in [-0.1, -0.05) is 63.4 Å².